The molecular formula is C13H15N3O2S. The lowest BCUT2D eigenvalue weighted by Crippen LogP contribution is -2.03. The molecule has 2 aromatic rings. The number of nitro benzene ring substituents is 1. The molecule has 0 fully saturated rings. The average Bonchev–Trinajstić information content (AvgIpc) is 2.83. The number of para-hydroxylation sites is 1. The summed E-state index contributed by atoms with van der Waals surface area (Å²) in [7, 11) is 0. The van der Waals surface area contributed by atoms with E-state index in [0.717, 1.165) is 11.4 Å². The highest BCUT2D eigenvalue weighted by Gasteiger charge is 2.16. The number of hydrogen-bond acceptors (Lipinski definition) is 5. The minimum atomic E-state index is -0.350. The van der Waals surface area contributed by atoms with Crippen LogP contribution in [-0.2, 0) is 13.0 Å². The van der Waals surface area contributed by atoms with Crippen LogP contribution in [0.2, 0.25) is 0 Å². The quantitative estimate of drug-likeness (QED) is 0.670. The Labute approximate surface area is 115 Å². The summed E-state index contributed by atoms with van der Waals surface area (Å²) in [6.07, 6.45) is 2.81. The van der Waals surface area contributed by atoms with Crippen LogP contribution in [0, 0.1) is 17.0 Å². The molecule has 1 N–H and O–H groups in total. The standard InChI is InChI=1S/C13H15N3O2S/c1-3-10-7-15-12(19-10)8-14-11-6-4-5-9(2)13(11)16(17)18/h4-7,14H,3,8H2,1-2H3. The number of nitro groups is 1. The van der Waals surface area contributed by atoms with Crippen LogP contribution in [0.15, 0.2) is 24.4 Å². The van der Waals surface area contributed by atoms with Crippen molar-refractivity contribution in [3.63, 3.8) is 0 Å². The second-order valence-electron chi connectivity index (χ2n) is 4.16. The molecule has 1 aromatic carbocycles. The summed E-state index contributed by atoms with van der Waals surface area (Å²) < 4.78 is 0. The van der Waals surface area contributed by atoms with E-state index in [4.69, 9.17) is 0 Å². The zero-order chi connectivity index (χ0) is 13.8. The van der Waals surface area contributed by atoms with Crippen LogP contribution >= 0.6 is 11.3 Å². The third-order valence-electron chi connectivity index (χ3n) is 2.80. The molecule has 1 aromatic heterocycles. The predicted octanol–water partition coefficient (Wildman–Crippen LogP) is 3.53. The third kappa shape index (κ3) is 3.08. The molecule has 0 amide bonds. The molecule has 0 spiro atoms. The lowest BCUT2D eigenvalue weighted by Gasteiger charge is -2.06. The fourth-order valence-electron chi connectivity index (χ4n) is 1.81. The van der Waals surface area contributed by atoms with Crippen molar-refractivity contribution in [1.82, 2.24) is 4.98 Å². The Morgan fingerprint density at radius 1 is 1.47 bits per heavy atom. The number of thiazole rings is 1. The molecule has 19 heavy (non-hydrogen) atoms. The van der Waals surface area contributed by atoms with E-state index in [2.05, 4.69) is 17.2 Å². The van der Waals surface area contributed by atoms with Gasteiger partial charge in [0.2, 0.25) is 0 Å². The van der Waals surface area contributed by atoms with Gasteiger partial charge in [-0.1, -0.05) is 19.1 Å². The summed E-state index contributed by atoms with van der Waals surface area (Å²) in [5.74, 6) is 0. The molecule has 0 aliphatic heterocycles. The Morgan fingerprint density at radius 3 is 2.89 bits per heavy atom. The normalized spacial score (nSPS) is 10.4. The van der Waals surface area contributed by atoms with Crippen molar-refractivity contribution in [2.24, 2.45) is 0 Å². The van der Waals surface area contributed by atoms with Crippen molar-refractivity contribution < 1.29 is 4.92 Å². The van der Waals surface area contributed by atoms with E-state index in [-0.39, 0.29) is 10.6 Å². The smallest absolute Gasteiger partial charge is 0.295 e. The van der Waals surface area contributed by atoms with Crippen LogP contribution in [0.5, 0.6) is 0 Å². The van der Waals surface area contributed by atoms with Gasteiger partial charge >= 0.3 is 0 Å². The first-order valence-electron chi connectivity index (χ1n) is 6.03. The molecule has 5 nitrogen and oxygen atoms in total. The molecule has 0 bridgehead atoms. The highest BCUT2D eigenvalue weighted by Crippen LogP contribution is 2.28. The molecule has 2 rings (SSSR count). The summed E-state index contributed by atoms with van der Waals surface area (Å²) in [5.41, 5.74) is 1.33. The maximum atomic E-state index is 11.1. The highest BCUT2D eigenvalue weighted by atomic mass is 32.1. The first-order chi connectivity index (χ1) is 9.11. The molecule has 6 heteroatoms. The van der Waals surface area contributed by atoms with E-state index in [1.807, 2.05) is 12.3 Å². The first-order valence-corrected chi connectivity index (χ1v) is 6.85. The molecule has 0 aliphatic rings. The SMILES string of the molecule is CCc1cnc(CNc2cccc(C)c2[N+](=O)[O-])s1. The van der Waals surface area contributed by atoms with E-state index in [9.17, 15) is 10.1 Å². The van der Waals surface area contributed by atoms with Crippen molar-refractivity contribution >= 4 is 22.7 Å². The molecule has 0 saturated carbocycles. The number of benzene rings is 1. The predicted molar refractivity (Wildman–Crippen MR) is 76.7 cm³/mol. The molecule has 0 atom stereocenters. The fourth-order valence-corrected chi connectivity index (χ4v) is 2.61. The van der Waals surface area contributed by atoms with E-state index < -0.39 is 0 Å². The first kappa shape index (κ1) is 13.5. The van der Waals surface area contributed by atoms with E-state index >= 15 is 0 Å². The van der Waals surface area contributed by atoms with Gasteiger partial charge in [0.1, 0.15) is 10.7 Å². The lowest BCUT2D eigenvalue weighted by atomic mass is 10.1. The summed E-state index contributed by atoms with van der Waals surface area (Å²) in [6.45, 7) is 4.33. The number of hydrogen-bond donors (Lipinski definition) is 1. The molecule has 0 aliphatic carbocycles. The zero-order valence-electron chi connectivity index (χ0n) is 10.8. The Balaban J connectivity index is 2.15. The average molecular weight is 277 g/mol. The van der Waals surface area contributed by atoms with Crippen LogP contribution in [0.4, 0.5) is 11.4 Å². The van der Waals surface area contributed by atoms with Gasteiger partial charge in [0, 0.05) is 16.6 Å². The van der Waals surface area contributed by atoms with Crippen LogP contribution in [0.25, 0.3) is 0 Å². The lowest BCUT2D eigenvalue weighted by molar-refractivity contribution is -0.384. The van der Waals surface area contributed by atoms with Gasteiger partial charge in [0.05, 0.1) is 11.5 Å². The van der Waals surface area contributed by atoms with Crippen LogP contribution < -0.4 is 5.32 Å². The number of nitrogens with zero attached hydrogens (tertiary/aromatic N) is 2. The van der Waals surface area contributed by atoms with Gasteiger partial charge in [-0.05, 0) is 19.4 Å². The Hall–Kier alpha value is -1.95. The number of anilines is 1. The van der Waals surface area contributed by atoms with E-state index in [1.165, 1.54) is 4.88 Å². The van der Waals surface area contributed by atoms with Crippen LogP contribution in [-0.4, -0.2) is 9.91 Å². The zero-order valence-corrected chi connectivity index (χ0v) is 11.7. The minimum absolute atomic E-state index is 0.134. The van der Waals surface area contributed by atoms with Crippen molar-refractivity contribution in [2.75, 3.05) is 5.32 Å². The van der Waals surface area contributed by atoms with Gasteiger partial charge < -0.3 is 5.32 Å². The Bertz CT molecular complexity index is 595. The monoisotopic (exact) mass is 277 g/mol. The van der Waals surface area contributed by atoms with Gasteiger partial charge in [0.25, 0.3) is 5.69 Å². The largest absolute Gasteiger partial charge is 0.373 e. The number of aryl methyl sites for hydroxylation is 2. The number of rotatable bonds is 5. The molecule has 0 radical (unpaired) electrons. The number of aromatic nitrogens is 1. The number of nitrogens with one attached hydrogen (secondary N) is 1. The molecule has 0 saturated heterocycles. The summed E-state index contributed by atoms with van der Waals surface area (Å²) in [5, 5.41) is 15.1. The topological polar surface area (TPSA) is 68.1 Å². The van der Waals surface area contributed by atoms with Crippen LogP contribution in [0.1, 0.15) is 22.4 Å². The van der Waals surface area contributed by atoms with Crippen LogP contribution in [0.3, 0.4) is 0 Å². The molecular weight excluding hydrogens is 262 g/mol. The van der Waals surface area contributed by atoms with Crippen molar-refractivity contribution in [3.8, 4) is 0 Å². The van der Waals surface area contributed by atoms with Gasteiger partial charge in [-0.3, -0.25) is 10.1 Å². The molecule has 100 valence electrons. The Morgan fingerprint density at radius 2 is 2.26 bits per heavy atom. The van der Waals surface area contributed by atoms with Gasteiger partial charge in [-0.2, -0.15) is 0 Å². The molecule has 0 unspecified atom stereocenters. The maximum Gasteiger partial charge on any atom is 0.295 e. The van der Waals surface area contributed by atoms with E-state index in [0.29, 0.717) is 17.8 Å². The van der Waals surface area contributed by atoms with Gasteiger partial charge in [-0.25, -0.2) is 4.98 Å². The second-order valence-corrected chi connectivity index (χ2v) is 5.36. The minimum Gasteiger partial charge on any atom is -0.373 e. The molecule has 1 heterocycles. The second kappa shape index (κ2) is 5.79. The summed E-state index contributed by atoms with van der Waals surface area (Å²) in [4.78, 5) is 16.2. The summed E-state index contributed by atoms with van der Waals surface area (Å²) >= 11 is 1.63. The van der Waals surface area contributed by atoms with Gasteiger partial charge in [-0.15, -0.1) is 11.3 Å². The highest BCUT2D eigenvalue weighted by molar-refractivity contribution is 7.11. The van der Waals surface area contributed by atoms with E-state index in [1.54, 1.807) is 30.4 Å². The van der Waals surface area contributed by atoms with Gasteiger partial charge in [0.15, 0.2) is 0 Å². The summed E-state index contributed by atoms with van der Waals surface area (Å²) in [6, 6.07) is 5.27. The maximum absolute atomic E-state index is 11.1. The van der Waals surface area contributed by atoms with Crippen molar-refractivity contribution in [2.45, 2.75) is 26.8 Å². The third-order valence-corrected chi connectivity index (χ3v) is 3.94. The van der Waals surface area contributed by atoms with Crippen molar-refractivity contribution in [3.05, 3.63) is 50.0 Å². The Kier molecular flexibility index (Phi) is 4.11. The fraction of sp³-hybridized carbons (Fsp3) is 0.308. The van der Waals surface area contributed by atoms with Crippen molar-refractivity contribution in [1.29, 1.82) is 0 Å².